The standard InChI is InChI=1S/C12H10ClINO/c1-16-11-5-2-9(3-6-11)14-10-4-7-12(13)15-8-10/h2-8H,1H3/q+1. The molecule has 2 nitrogen and oxygen atoms in total. The van der Waals surface area contributed by atoms with E-state index in [4.69, 9.17) is 16.3 Å². The van der Waals surface area contributed by atoms with Crippen molar-refractivity contribution in [2.75, 3.05) is 7.11 Å². The molecule has 0 spiro atoms. The van der Waals surface area contributed by atoms with Gasteiger partial charge in [-0.15, -0.1) is 0 Å². The first-order valence-corrected chi connectivity index (χ1v) is 7.22. The van der Waals surface area contributed by atoms with Crippen LogP contribution in [0.2, 0.25) is 5.15 Å². The van der Waals surface area contributed by atoms with Crippen LogP contribution in [-0.2, 0) is 0 Å². The molecule has 1 aromatic carbocycles. The fourth-order valence-electron chi connectivity index (χ4n) is 1.17. The zero-order valence-corrected chi connectivity index (χ0v) is 11.6. The quantitative estimate of drug-likeness (QED) is 0.571. The van der Waals surface area contributed by atoms with Crippen LogP contribution in [0.3, 0.4) is 0 Å². The van der Waals surface area contributed by atoms with Crippen LogP contribution in [0.4, 0.5) is 0 Å². The second-order valence-electron chi connectivity index (χ2n) is 3.05. The molecule has 1 aromatic heterocycles. The number of rotatable bonds is 3. The third-order valence-electron chi connectivity index (χ3n) is 1.96. The number of methoxy groups -OCH3 is 1. The van der Waals surface area contributed by atoms with Crippen LogP contribution >= 0.6 is 11.6 Å². The first-order chi connectivity index (χ1) is 7.78. The normalized spacial score (nSPS) is 10.1. The van der Waals surface area contributed by atoms with Gasteiger partial charge in [0, 0.05) is 0 Å². The highest BCUT2D eigenvalue weighted by molar-refractivity contribution is 6.29. The number of pyridine rings is 1. The Morgan fingerprint density at radius 1 is 1.06 bits per heavy atom. The summed E-state index contributed by atoms with van der Waals surface area (Å²) in [4.78, 5) is 4.08. The SMILES string of the molecule is COc1ccc([I+]c2ccc(Cl)nc2)cc1. The van der Waals surface area contributed by atoms with Gasteiger partial charge < -0.3 is 4.74 Å². The van der Waals surface area contributed by atoms with Gasteiger partial charge >= 0.3 is 21.2 Å². The molecule has 0 saturated heterocycles. The molecule has 2 aromatic rings. The molecule has 0 bridgehead atoms. The molecule has 0 unspecified atom stereocenters. The second kappa shape index (κ2) is 5.50. The van der Waals surface area contributed by atoms with Gasteiger partial charge in [0.2, 0.25) is 3.57 Å². The summed E-state index contributed by atoms with van der Waals surface area (Å²) < 4.78 is 7.71. The monoisotopic (exact) mass is 346 g/mol. The molecule has 0 aliphatic rings. The minimum atomic E-state index is -0.179. The molecule has 0 aliphatic carbocycles. The number of nitrogens with zero attached hydrogens (tertiary/aromatic N) is 1. The number of hydrogen-bond donors (Lipinski definition) is 0. The van der Waals surface area contributed by atoms with Crippen molar-refractivity contribution < 1.29 is 25.9 Å². The zero-order chi connectivity index (χ0) is 11.4. The molecule has 2 rings (SSSR count). The Hall–Kier alpha value is -0.810. The number of ether oxygens (including phenoxy) is 1. The number of hydrogen-bond acceptors (Lipinski definition) is 2. The lowest BCUT2D eigenvalue weighted by atomic mass is 10.3. The van der Waals surface area contributed by atoms with E-state index in [0.29, 0.717) is 5.15 Å². The van der Waals surface area contributed by atoms with Gasteiger partial charge in [0.1, 0.15) is 10.9 Å². The van der Waals surface area contributed by atoms with E-state index in [0.717, 1.165) is 5.75 Å². The summed E-state index contributed by atoms with van der Waals surface area (Å²) in [6, 6.07) is 12.0. The maximum Gasteiger partial charge on any atom is 0.359 e. The van der Waals surface area contributed by atoms with Crippen molar-refractivity contribution in [3.8, 4) is 5.75 Å². The van der Waals surface area contributed by atoms with Crippen LogP contribution in [0.15, 0.2) is 42.6 Å². The minimum Gasteiger partial charge on any atom is -0.497 e. The van der Waals surface area contributed by atoms with Crippen molar-refractivity contribution in [2.45, 2.75) is 0 Å². The van der Waals surface area contributed by atoms with Gasteiger partial charge in [-0.25, -0.2) is 4.98 Å². The summed E-state index contributed by atoms with van der Waals surface area (Å²) in [6.07, 6.45) is 1.85. The topological polar surface area (TPSA) is 22.1 Å². The number of halogens is 2. The minimum absolute atomic E-state index is 0.179. The average Bonchev–Trinajstić information content (AvgIpc) is 2.33. The highest BCUT2D eigenvalue weighted by Crippen LogP contribution is 2.06. The molecule has 0 N–H and O–H groups in total. The van der Waals surface area contributed by atoms with Crippen LogP contribution in [0.5, 0.6) is 5.75 Å². The smallest absolute Gasteiger partial charge is 0.359 e. The molecular formula is C12H10ClINO+. The maximum atomic E-state index is 5.74. The predicted octanol–water partition coefficient (Wildman–Crippen LogP) is -0.128. The van der Waals surface area contributed by atoms with Gasteiger partial charge in [-0.2, -0.15) is 0 Å². The van der Waals surface area contributed by atoms with E-state index >= 15 is 0 Å². The zero-order valence-electron chi connectivity index (χ0n) is 8.65. The molecule has 1 heterocycles. The van der Waals surface area contributed by atoms with Crippen molar-refractivity contribution in [1.82, 2.24) is 4.98 Å². The first-order valence-electron chi connectivity index (χ1n) is 4.68. The van der Waals surface area contributed by atoms with Crippen LogP contribution < -0.4 is 25.9 Å². The van der Waals surface area contributed by atoms with Crippen molar-refractivity contribution in [3.05, 3.63) is 54.9 Å². The summed E-state index contributed by atoms with van der Waals surface area (Å²) in [7, 11) is 1.67. The Bertz CT molecular complexity index is 455. The van der Waals surface area contributed by atoms with E-state index in [1.807, 2.05) is 30.5 Å². The molecular weight excluding hydrogens is 336 g/mol. The highest BCUT2D eigenvalue weighted by atomic mass is 127. The number of aromatic nitrogens is 1. The molecule has 0 saturated carbocycles. The Kier molecular flexibility index (Phi) is 4.01. The number of benzene rings is 1. The molecule has 16 heavy (non-hydrogen) atoms. The van der Waals surface area contributed by atoms with E-state index < -0.39 is 0 Å². The lowest BCUT2D eigenvalue weighted by molar-refractivity contribution is -0.597. The van der Waals surface area contributed by atoms with E-state index in [2.05, 4.69) is 17.1 Å². The van der Waals surface area contributed by atoms with Crippen molar-refractivity contribution in [2.24, 2.45) is 0 Å². The first kappa shape index (κ1) is 11.7. The molecule has 0 atom stereocenters. The Morgan fingerprint density at radius 3 is 2.31 bits per heavy atom. The molecule has 0 aliphatic heterocycles. The van der Waals surface area contributed by atoms with Gasteiger partial charge in [-0.1, -0.05) is 11.6 Å². The summed E-state index contributed by atoms with van der Waals surface area (Å²) in [5.41, 5.74) is 0. The second-order valence-corrected chi connectivity index (χ2v) is 6.47. The van der Waals surface area contributed by atoms with Gasteiger partial charge in [-0.05, 0) is 36.4 Å². The fourth-order valence-corrected chi connectivity index (χ4v) is 3.36. The van der Waals surface area contributed by atoms with E-state index in [9.17, 15) is 0 Å². The summed E-state index contributed by atoms with van der Waals surface area (Å²) in [5.74, 6) is 0.891. The molecule has 4 heteroatoms. The van der Waals surface area contributed by atoms with Gasteiger partial charge in [-0.3, -0.25) is 0 Å². The predicted molar refractivity (Wildman–Crippen MR) is 59.6 cm³/mol. The Morgan fingerprint density at radius 2 is 1.75 bits per heavy atom. The Labute approximate surface area is 110 Å². The summed E-state index contributed by atoms with van der Waals surface area (Å²) in [5, 5.41) is 0.544. The molecule has 0 radical (unpaired) electrons. The van der Waals surface area contributed by atoms with Crippen molar-refractivity contribution in [1.29, 1.82) is 0 Å². The van der Waals surface area contributed by atoms with E-state index in [-0.39, 0.29) is 21.2 Å². The molecule has 82 valence electrons. The third-order valence-corrected chi connectivity index (χ3v) is 4.79. The fraction of sp³-hybridized carbons (Fsp3) is 0.0833. The molecule has 0 amide bonds. The van der Waals surface area contributed by atoms with Gasteiger partial charge in [0.15, 0.2) is 3.57 Å². The van der Waals surface area contributed by atoms with E-state index in [1.54, 1.807) is 7.11 Å². The summed E-state index contributed by atoms with van der Waals surface area (Å²) >= 11 is 5.56. The van der Waals surface area contributed by atoms with Crippen molar-refractivity contribution >= 4 is 11.6 Å². The average molecular weight is 347 g/mol. The van der Waals surface area contributed by atoms with Gasteiger partial charge in [0.25, 0.3) is 0 Å². The maximum absolute atomic E-state index is 5.74. The molecule has 0 fully saturated rings. The van der Waals surface area contributed by atoms with Gasteiger partial charge in [0.05, 0.1) is 13.3 Å². The highest BCUT2D eigenvalue weighted by Gasteiger charge is 2.15. The van der Waals surface area contributed by atoms with Crippen LogP contribution in [0.1, 0.15) is 0 Å². The van der Waals surface area contributed by atoms with Crippen LogP contribution in [0.25, 0.3) is 0 Å². The Balaban J connectivity index is 2.11. The largest absolute Gasteiger partial charge is 0.497 e. The van der Waals surface area contributed by atoms with Crippen LogP contribution in [-0.4, -0.2) is 12.1 Å². The summed E-state index contributed by atoms with van der Waals surface area (Å²) in [6.45, 7) is 0. The van der Waals surface area contributed by atoms with E-state index in [1.165, 1.54) is 7.14 Å². The lowest BCUT2D eigenvalue weighted by Gasteiger charge is -1.95. The third kappa shape index (κ3) is 3.09. The lowest BCUT2D eigenvalue weighted by Crippen LogP contribution is -3.61. The van der Waals surface area contributed by atoms with Crippen LogP contribution in [0, 0.1) is 7.14 Å². The van der Waals surface area contributed by atoms with Crippen molar-refractivity contribution in [3.63, 3.8) is 0 Å².